The smallest absolute Gasteiger partial charge is 0.337 e. The molecule has 2 aromatic carbocycles. The van der Waals surface area contributed by atoms with Crippen molar-refractivity contribution in [2.75, 3.05) is 7.11 Å². The molecule has 138 valence electrons. The van der Waals surface area contributed by atoms with Crippen molar-refractivity contribution in [2.45, 2.75) is 13.1 Å². The number of aromatic nitrogens is 3. The van der Waals surface area contributed by atoms with E-state index in [2.05, 4.69) is 20.4 Å². The Bertz CT molecular complexity index is 954. The number of methoxy groups -OCH3 is 1. The summed E-state index contributed by atoms with van der Waals surface area (Å²) >= 11 is 5.97. The molecule has 3 aromatic rings. The lowest BCUT2D eigenvalue weighted by Gasteiger charge is -2.04. The van der Waals surface area contributed by atoms with Crippen LogP contribution in [0.15, 0.2) is 54.7 Å². The fraction of sp³-hybridized carbons (Fsp3) is 0.158. The first-order valence-electron chi connectivity index (χ1n) is 8.15. The van der Waals surface area contributed by atoms with Gasteiger partial charge in [-0.25, -0.2) is 9.48 Å². The van der Waals surface area contributed by atoms with Crippen LogP contribution >= 0.6 is 11.6 Å². The number of halogens is 1. The highest BCUT2D eigenvalue weighted by Crippen LogP contribution is 2.11. The molecule has 1 aromatic heterocycles. The molecular weight excluding hydrogens is 368 g/mol. The monoisotopic (exact) mass is 384 g/mol. The molecular formula is C19H17ClN4O3. The van der Waals surface area contributed by atoms with E-state index in [9.17, 15) is 9.59 Å². The van der Waals surface area contributed by atoms with Crippen molar-refractivity contribution in [1.82, 2.24) is 20.3 Å². The summed E-state index contributed by atoms with van der Waals surface area (Å²) in [5, 5.41) is 11.3. The van der Waals surface area contributed by atoms with E-state index in [0.717, 1.165) is 11.1 Å². The number of carbonyl (C=O) groups excluding carboxylic acids is 2. The van der Waals surface area contributed by atoms with Gasteiger partial charge >= 0.3 is 5.97 Å². The molecule has 0 saturated carbocycles. The lowest BCUT2D eigenvalue weighted by atomic mass is 10.1. The SMILES string of the molecule is COC(=O)c1ccc(CNC(=O)c2cn(Cc3cccc(Cl)c3)nn2)cc1. The van der Waals surface area contributed by atoms with Gasteiger partial charge < -0.3 is 10.1 Å². The Morgan fingerprint density at radius 1 is 1.15 bits per heavy atom. The average Bonchev–Trinajstić information content (AvgIpc) is 3.14. The van der Waals surface area contributed by atoms with Crippen molar-refractivity contribution in [3.63, 3.8) is 0 Å². The van der Waals surface area contributed by atoms with E-state index >= 15 is 0 Å². The molecule has 0 spiro atoms. The number of rotatable bonds is 6. The number of ether oxygens (including phenoxy) is 1. The first-order valence-corrected chi connectivity index (χ1v) is 8.53. The van der Waals surface area contributed by atoms with Gasteiger partial charge in [0.2, 0.25) is 0 Å². The van der Waals surface area contributed by atoms with Crippen LogP contribution in [0.4, 0.5) is 0 Å². The van der Waals surface area contributed by atoms with Crippen molar-refractivity contribution >= 4 is 23.5 Å². The summed E-state index contributed by atoms with van der Waals surface area (Å²) in [7, 11) is 1.33. The van der Waals surface area contributed by atoms with Crippen molar-refractivity contribution in [2.24, 2.45) is 0 Å². The lowest BCUT2D eigenvalue weighted by molar-refractivity contribution is 0.0600. The third-order valence-electron chi connectivity index (χ3n) is 3.83. The topological polar surface area (TPSA) is 86.1 Å². The van der Waals surface area contributed by atoms with Gasteiger partial charge in [-0.05, 0) is 35.4 Å². The van der Waals surface area contributed by atoms with Crippen LogP contribution < -0.4 is 5.32 Å². The molecule has 0 bridgehead atoms. The molecule has 0 radical (unpaired) electrons. The van der Waals surface area contributed by atoms with Crippen molar-refractivity contribution in [3.8, 4) is 0 Å². The summed E-state index contributed by atoms with van der Waals surface area (Å²) in [6.07, 6.45) is 1.58. The van der Waals surface area contributed by atoms with Crippen LogP contribution in [0.25, 0.3) is 0 Å². The molecule has 1 amide bonds. The van der Waals surface area contributed by atoms with E-state index < -0.39 is 5.97 Å². The highest BCUT2D eigenvalue weighted by molar-refractivity contribution is 6.30. The van der Waals surface area contributed by atoms with E-state index in [1.54, 1.807) is 41.2 Å². The van der Waals surface area contributed by atoms with Gasteiger partial charge in [-0.15, -0.1) is 5.10 Å². The largest absolute Gasteiger partial charge is 0.465 e. The summed E-state index contributed by atoms with van der Waals surface area (Å²) in [5.41, 5.74) is 2.49. The molecule has 0 saturated heterocycles. The van der Waals surface area contributed by atoms with Crippen molar-refractivity contribution in [1.29, 1.82) is 0 Å². The molecule has 0 aliphatic carbocycles. The summed E-state index contributed by atoms with van der Waals surface area (Å²) in [6.45, 7) is 0.775. The third-order valence-corrected chi connectivity index (χ3v) is 4.07. The van der Waals surface area contributed by atoms with Gasteiger partial charge in [-0.3, -0.25) is 4.79 Å². The fourth-order valence-corrected chi connectivity index (χ4v) is 2.66. The molecule has 0 aliphatic rings. The average molecular weight is 385 g/mol. The number of benzene rings is 2. The summed E-state index contributed by atoms with van der Waals surface area (Å²) in [5.74, 6) is -0.730. The Labute approximate surface area is 160 Å². The molecule has 8 heteroatoms. The van der Waals surface area contributed by atoms with E-state index in [4.69, 9.17) is 11.6 Å². The quantitative estimate of drug-likeness (QED) is 0.660. The van der Waals surface area contributed by atoms with Crippen molar-refractivity contribution < 1.29 is 14.3 Å². The summed E-state index contributed by atoms with van der Waals surface area (Å²) in [4.78, 5) is 23.6. The van der Waals surface area contributed by atoms with Crippen LogP contribution in [0.5, 0.6) is 0 Å². The predicted molar refractivity (Wildman–Crippen MR) is 99.5 cm³/mol. The van der Waals surface area contributed by atoms with Crippen LogP contribution in [0, 0.1) is 0 Å². The van der Waals surface area contributed by atoms with E-state index in [-0.39, 0.29) is 11.6 Å². The zero-order valence-electron chi connectivity index (χ0n) is 14.6. The molecule has 3 rings (SSSR count). The molecule has 0 atom stereocenters. The highest BCUT2D eigenvalue weighted by atomic mass is 35.5. The molecule has 0 aliphatic heterocycles. The van der Waals surface area contributed by atoms with Crippen LogP contribution in [0.1, 0.15) is 32.0 Å². The zero-order valence-corrected chi connectivity index (χ0v) is 15.3. The normalized spacial score (nSPS) is 10.4. The minimum absolute atomic E-state index is 0.225. The zero-order chi connectivity index (χ0) is 19.2. The lowest BCUT2D eigenvalue weighted by Crippen LogP contribution is -2.23. The maximum absolute atomic E-state index is 12.2. The number of nitrogens with zero attached hydrogens (tertiary/aromatic N) is 3. The fourth-order valence-electron chi connectivity index (χ4n) is 2.45. The predicted octanol–water partition coefficient (Wildman–Crippen LogP) is 2.70. The Balaban J connectivity index is 1.57. The van der Waals surface area contributed by atoms with Gasteiger partial charge in [0, 0.05) is 11.6 Å². The van der Waals surface area contributed by atoms with Crippen LogP contribution in [-0.2, 0) is 17.8 Å². The molecule has 1 heterocycles. The summed E-state index contributed by atoms with van der Waals surface area (Å²) < 4.78 is 6.23. The number of esters is 1. The maximum atomic E-state index is 12.2. The number of carbonyl (C=O) groups is 2. The Morgan fingerprint density at radius 2 is 1.93 bits per heavy atom. The second-order valence-corrected chi connectivity index (χ2v) is 6.24. The molecule has 7 nitrogen and oxygen atoms in total. The van der Waals surface area contributed by atoms with Gasteiger partial charge in [0.15, 0.2) is 5.69 Å². The highest BCUT2D eigenvalue weighted by Gasteiger charge is 2.11. The minimum atomic E-state index is -0.401. The number of amides is 1. The number of hydrogen-bond donors (Lipinski definition) is 1. The maximum Gasteiger partial charge on any atom is 0.337 e. The Morgan fingerprint density at radius 3 is 2.63 bits per heavy atom. The Hall–Kier alpha value is -3.19. The second-order valence-electron chi connectivity index (χ2n) is 5.80. The van der Waals surface area contributed by atoms with E-state index in [1.807, 2.05) is 18.2 Å². The second kappa shape index (κ2) is 8.46. The van der Waals surface area contributed by atoms with Crippen LogP contribution in [-0.4, -0.2) is 34.0 Å². The molecule has 1 N–H and O–H groups in total. The molecule has 0 fully saturated rings. The third kappa shape index (κ3) is 4.92. The van der Waals surface area contributed by atoms with Gasteiger partial charge in [0.1, 0.15) is 0 Å². The van der Waals surface area contributed by atoms with Gasteiger partial charge in [-0.1, -0.05) is 41.1 Å². The number of nitrogens with one attached hydrogen (secondary N) is 1. The van der Waals surface area contributed by atoms with Crippen molar-refractivity contribution in [3.05, 3.63) is 82.1 Å². The van der Waals surface area contributed by atoms with Gasteiger partial charge in [-0.2, -0.15) is 0 Å². The molecule has 27 heavy (non-hydrogen) atoms. The first-order chi connectivity index (χ1) is 13.0. The Kier molecular flexibility index (Phi) is 5.83. The first kappa shape index (κ1) is 18.6. The summed E-state index contributed by atoms with van der Waals surface area (Å²) in [6, 6.07) is 14.2. The van der Waals surface area contributed by atoms with Gasteiger partial charge in [0.05, 0.1) is 25.4 Å². The van der Waals surface area contributed by atoms with Gasteiger partial charge in [0.25, 0.3) is 5.91 Å². The van der Waals surface area contributed by atoms with E-state index in [0.29, 0.717) is 23.7 Å². The van der Waals surface area contributed by atoms with Crippen LogP contribution in [0.2, 0.25) is 5.02 Å². The number of hydrogen-bond acceptors (Lipinski definition) is 5. The van der Waals surface area contributed by atoms with E-state index in [1.165, 1.54) is 7.11 Å². The van der Waals surface area contributed by atoms with Crippen LogP contribution in [0.3, 0.4) is 0 Å². The minimum Gasteiger partial charge on any atom is -0.465 e. The standard InChI is InChI=1S/C19H17ClN4O3/c1-27-19(26)15-7-5-13(6-8-15)10-21-18(25)17-12-24(23-22-17)11-14-3-2-4-16(20)9-14/h2-9,12H,10-11H2,1H3,(H,21,25). The molecule has 0 unspecified atom stereocenters.